The van der Waals surface area contributed by atoms with E-state index in [1.54, 1.807) is 0 Å². The van der Waals surface area contributed by atoms with Gasteiger partial charge in [-0.1, -0.05) is 41.9 Å². The molecule has 0 amide bonds. The van der Waals surface area contributed by atoms with E-state index in [0.717, 1.165) is 5.56 Å². The van der Waals surface area contributed by atoms with Crippen molar-refractivity contribution in [2.24, 2.45) is 0 Å². The van der Waals surface area contributed by atoms with Gasteiger partial charge in [-0.3, -0.25) is 0 Å². The van der Waals surface area contributed by atoms with Gasteiger partial charge in [0.15, 0.2) is 19.7 Å². The molecule has 0 unspecified atom stereocenters. The molecule has 1 N–H and O–H groups in total. The predicted molar refractivity (Wildman–Crippen MR) is 103 cm³/mol. The first-order chi connectivity index (χ1) is 12.3. The Morgan fingerprint density at radius 3 is 2.31 bits per heavy atom. The molecule has 5 nitrogen and oxygen atoms in total. The van der Waals surface area contributed by atoms with Gasteiger partial charge in [0.2, 0.25) is 0 Å². The van der Waals surface area contributed by atoms with Gasteiger partial charge >= 0.3 is 0 Å². The monoisotopic (exact) mass is 413 g/mol. The van der Waals surface area contributed by atoms with Crippen LogP contribution in [0.15, 0.2) is 59.5 Å². The summed E-state index contributed by atoms with van der Waals surface area (Å²) >= 11 is 5.82. The maximum Gasteiger partial charge on any atom is 0.183 e. The highest BCUT2D eigenvalue weighted by molar-refractivity contribution is 7.96. The molecule has 0 saturated carbocycles. The number of nitrogens with one attached hydrogen (secondary N) is 1. The lowest BCUT2D eigenvalue weighted by Crippen LogP contribution is -2.44. The van der Waals surface area contributed by atoms with Crippen LogP contribution in [-0.2, 0) is 26.1 Å². The second kappa shape index (κ2) is 7.68. The largest absolute Gasteiger partial charge is 0.311 e. The van der Waals surface area contributed by atoms with Crippen molar-refractivity contribution >= 4 is 31.3 Å². The van der Waals surface area contributed by atoms with Gasteiger partial charge in [0.05, 0.1) is 21.7 Å². The van der Waals surface area contributed by atoms with Crippen LogP contribution in [0.25, 0.3) is 0 Å². The highest BCUT2D eigenvalue weighted by Gasteiger charge is 2.45. The lowest BCUT2D eigenvalue weighted by atomic mass is 10.1. The third kappa shape index (κ3) is 4.46. The van der Waals surface area contributed by atoms with E-state index in [9.17, 15) is 16.8 Å². The first kappa shape index (κ1) is 19.4. The molecule has 140 valence electrons. The summed E-state index contributed by atoms with van der Waals surface area (Å²) in [4.78, 5) is 0.0962. The van der Waals surface area contributed by atoms with Crippen LogP contribution >= 0.6 is 11.6 Å². The van der Waals surface area contributed by atoms with Crippen molar-refractivity contribution in [3.05, 3.63) is 65.2 Å². The van der Waals surface area contributed by atoms with Gasteiger partial charge in [-0.05, 0) is 42.8 Å². The maximum atomic E-state index is 12.9. The van der Waals surface area contributed by atoms with Crippen LogP contribution < -0.4 is 5.32 Å². The molecule has 2 aromatic carbocycles. The Hall–Kier alpha value is -1.41. The molecule has 0 spiro atoms. The van der Waals surface area contributed by atoms with Crippen molar-refractivity contribution in [3.8, 4) is 0 Å². The van der Waals surface area contributed by atoms with E-state index in [2.05, 4.69) is 5.32 Å². The summed E-state index contributed by atoms with van der Waals surface area (Å²) in [6.07, 6.45) is 0.700. The fourth-order valence-corrected chi connectivity index (χ4v) is 8.00. The lowest BCUT2D eigenvalue weighted by Gasteiger charge is -2.20. The summed E-state index contributed by atoms with van der Waals surface area (Å²) in [6, 6.07) is 15.0. The second-order valence-electron chi connectivity index (χ2n) is 6.41. The molecule has 2 aromatic rings. The molecule has 0 aromatic heterocycles. The number of benzene rings is 2. The number of hydrogen-bond acceptors (Lipinski definition) is 5. The topological polar surface area (TPSA) is 80.3 Å². The Morgan fingerprint density at radius 1 is 1.00 bits per heavy atom. The molecule has 1 saturated heterocycles. The highest BCUT2D eigenvalue weighted by atomic mass is 35.5. The first-order valence-electron chi connectivity index (χ1n) is 8.25. The van der Waals surface area contributed by atoms with E-state index in [-0.39, 0.29) is 16.4 Å². The second-order valence-corrected chi connectivity index (χ2v) is 11.2. The minimum absolute atomic E-state index is 0.0962. The van der Waals surface area contributed by atoms with Gasteiger partial charge in [0, 0.05) is 11.1 Å². The fourth-order valence-electron chi connectivity index (χ4n) is 3.16. The molecule has 0 bridgehead atoms. The van der Waals surface area contributed by atoms with Gasteiger partial charge in [-0.25, -0.2) is 16.8 Å². The van der Waals surface area contributed by atoms with Gasteiger partial charge in [0.25, 0.3) is 0 Å². The van der Waals surface area contributed by atoms with Crippen LogP contribution in [-0.4, -0.2) is 46.2 Å². The van der Waals surface area contributed by atoms with Gasteiger partial charge in [-0.15, -0.1) is 0 Å². The smallest absolute Gasteiger partial charge is 0.183 e. The molecule has 1 aliphatic heterocycles. The quantitative estimate of drug-likeness (QED) is 0.784. The molecule has 0 aliphatic carbocycles. The number of halogens is 1. The average Bonchev–Trinajstić information content (AvgIpc) is 2.92. The molecule has 1 heterocycles. The normalized spacial score (nSPS) is 22.3. The third-order valence-electron chi connectivity index (χ3n) is 4.50. The van der Waals surface area contributed by atoms with Crippen LogP contribution in [0, 0.1) is 0 Å². The van der Waals surface area contributed by atoms with E-state index in [1.807, 2.05) is 30.3 Å². The zero-order chi connectivity index (χ0) is 18.8. The van der Waals surface area contributed by atoms with Crippen molar-refractivity contribution in [1.29, 1.82) is 0 Å². The predicted octanol–water partition coefficient (Wildman–Crippen LogP) is 2.11. The summed E-state index contributed by atoms with van der Waals surface area (Å²) in [5.74, 6) is -0.528. The van der Waals surface area contributed by atoms with Gasteiger partial charge < -0.3 is 5.32 Å². The average molecular weight is 414 g/mol. The number of rotatable bonds is 6. The fraction of sp³-hybridized carbons (Fsp3) is 0.333. The Kier molecular flexibility index (Phi) is 5.72. The summed E-state index contributed by atoms with van der Waals surface area (Å²) in [5, 5.41) is 2.57. The zero-order valence-corrected chi connectivity index (χ0v) is 16.4. The Balaban J connectivity index is 1.76. The molecule has 26 heavy (non-hydrogen) atoms. The van der Waals surface area contributed by atoms with Crippen molar-refractivity contribution in [3.63, 3.8) is 0 Å². The molecule has 1 fully saturated rings. The van der Waals surface area contributed by atoms with Crippen molar-refractivity contribution in [2.45, 2.75) is 22.6 Å². The van der Waals surface area contributed by atoms with Crippen LogP contribution in [0.3, 0.4) is 0 Å². The standard InChI is InChI=1S/C18H20ClNO4S2/c19-15-6-8-16(9-7-15)26(23,24)18-13-25(21,22)12-17(18)20-11-10-14-4-2-1-3-5-14/h1-9,17-18,20H,10-13H2/t17-,18-/m0/s1. The summed E-state index contributed by atoms with van der Waals surface area (Å²) in [5.41, 5.74) is 1.11. The van der Waals surface area contributed by atoms with Crippen LogP contribution in [0.2, 0.25) is 5.02 Å². The van der Waals surface area contributed by atoms with E-state index < -0.39 is 31.0 Å². The third-order valence-corrected chi connectivity index (χ3v) is 8.92. The Morgan fingerprint density at radius 2 is 1.65 bits per heavy atom. The van der Waals surface area contributed by atoms with Crippen molar-refractivity contribution in [1.82, 2.24) is 5.32 Å². The number of sulfone groups is 2. The minimum atomic E-state index is -3.77. The van der Waals surface area contributed by atoms with E-state index in [4.69, 9.17) is 11.6 Å². The van der Waals surface area contributed by atoms with E-state index in [1.165, 1.54) is 24.3 Å². The molecule has 3 rings (SSSR count). The summed E-state index contributed by atoms with van der Waals surface area (Å²) in [6.45, 7) is 0.511. The summed E-state index contributed by atoms with van der Waals surface area (Å²) < 4.78 is 50.0. The minimum Gasteiger partial charge on any atom is -0.311 e. The van der Waals surface area contributed by atoms with Crippen LogP contribution in [0.5, 0.6) is 0 Å². The molecule has 1 aliphatic rings. The van der Waals surface area contributed by atoms with Crippen LogP contribution in [0.4, 0.5) is 0 Å². The van der Waals surface area contributed by atoms with Crippen molar-refractivity contribution in [2.75, 3.05) is 18.1 Å². The molecular formula is C18H20ClNO4S2. The highest BCUT2D eigenvalue weighted by Crippen LogP contribution is 2.26. The van der Waals surface area contributed by atoms with E-state index in [0.29, 0.717) is 18.0 Å². The molecule has 8 heteroatoms. The molecule has 2 atom stereocenters. The van der Waals surface area contributed by atoms with Gasteiger partial charge in [0.1, 0.15) is 0 Å². The first-order valence-corrected chi connectivity index (χ1v) is 12.0. The van der Waals surface area contributed by atoms with Gasteiger partial charge in [-0.2, -0.15) is 0 Å². The summed E-state index contributed by atoms with van der Waals surface area (Å²) in [7, 11) is -7.18. The lowest BCUT2D eigenvalue weighted by molar-refractivity contribution is 0.528. The zero-order valence-electron chi connectivity index (χ0n) is 14.0. The number of hydrogen-bond donors (Lipinski definition) is 1. The molecular weight excluding hydrogens is 394 g/mol. The maximum absolute atomic E-state index is 12.9. The Labute approximate surface area is 159 Å². The SMILES string of the molecule is O=S1(=O)C[C@H](NCCc2ccccc2)[C@@H](S(=O)(=O)c2ccc(Cl)cc2)C1. The molecule has 0 radical (unpaired) electrons. The van der Waals surface area contributed by atoms with Crippen molar-refractivity contribution < 1.29 is 16.8 Å². The Bertz CT molecular complexity index is 958. The van der Waals surface area contributed by atoms with E-state index >= 15 is 0 Å². The van der Waals surface area contributed by atoms with Crippen LogP contribution in [0.1, 0.15) is 5.56 Å².